The monoisotopic (exact) mass is 378 g/mol. The van der Waals surface area contributed by atoms with Crippen LogP contribution in [0.1, 0.15) is 68.8 Å². The minimum Gasteiger partial charge on any atom is -0.370 e. The summed E-state index contributed by atoms with van der Waals surface area (Å²) in [5, 5.41) is 3.56. The first-order valence-corrected chi connectivity index (χ1v) is 10.4. The molecule has 0 spiro atoms. The third kappa shape index (κ3) is 5.48. The summed E-state index contributed by atoms with van der Waals surface area (Å²) in [5.74, 6) is 0.300. The smallest absolute Gasteiger partial charge is 0.159 e. The zero-order valence-electron chi connectivity index (χ0n) is 17.8. The molecular formula is C25H34N2O. The van der Waals surface area contributed by atoms with Crippen LogP contribution in [0.2, 0.25) is 0 Å². The number of allylic oxidation sites excluding steroid dienone is 1. The predicted octanol–water partition coefficient (Wildman–Crippen LogP) is 6.64. The molecule has 0 aliphatic rings. The zero-order valence-corrected chi connectivity index (χ0v) is 17.8. The standard InChI is InChI=1S/C25H34N2O/c1-6-16-27(17-7-2)25-15-14-22(20(5)28)18-24(25)26-19(4)23(8-3)21-12-10-9-11-13-21/h9-15,18,23,26H,4,6-8,16-17H2,1-3,5H3/t23-/m1/s1. The summed E-state index contributed by atoms with van der Waals surface area (Å²) >= 11 is 0. The number of nitrogens with one attached hydrogen (secondary N) is 1. The van der Waals surface area contributed by atoms with Crippen molar-refractivity contribution in [3.63, 3.8) is 0 Å². The minimum absolute atomic E-state index is 0.0767. The van der Waals surface area contributed by atoms with Crippen molar-refractivity contribution in [2.45, 2.75) is 52.9 Å². The summed E-state index contributed by atoms with van der Waals surface area (Å²) in [5.41, 5.74) is 5.04. The summed E-state index contributed by atoms with van der Waals surface area (Å²) < 4.78 is 0. The molecule has 0 heterocycles. The van der Waals surface area contributed by atoms with E-state index in [1.165, 1.54) is 5.56 Å². The van der Waals surface area contributed by atoms with Gasteiger partial charge in [-0.15, -0.1) is 0 Å². The Bertz CT molecular complexity index is 776. The van der Waals surface area contributed by atoms with E-state index in [4.69, 9.17) is 0 Å². The second-order valence-corrected chi connectivity index (χ2v) is 7.30. The number of carbonyl (C=O) groups excluding carboxylic acids is 1. The van der Waals surface area contributed by atoms with E-state index >= 15 is 0 Å². The van der Waals surface area contributed by atoms with E-state index in [0.29, 0.717) is 0 Å². The molecule has 2 aromatic rings. The van der Waals surface area contributed by atoms with Gasteiger partial charge in [0.25, 0.3) is 0 Å². The van der Waals surface area contributed by atoms with E-state index in [9.17, 15) is 4.79 Å². The van der Waals surface area contributed by atoms with Gasteiger partial charge in [-0.25, -0.2) is 0 Å². The molecule has 0 fully saturated rings. The Kier molecular flexibility index (Phi) is 8.31. The van der Waals surface area contributed by atoms with Crippen molar-refractivity contribution in [2.24, 2.45) is 0 Å². The Morgan fingerprint density at radius 1 is 1.04 bits per heavy atom. The molecule has 28 heavy (non-hydrogen) atoms. The number of carbonyl (C=O) groups is 1. The normalized spacial score (nSPS) is 11.7. The largest absolute Gasteiger partial charge is 0.370 e. The van der Waals surface area contributed by atoms with Gasteiger partial charge in [0.15, 0.2) is 5.78 Å². The first kappa shape index (κ1) is 21.7. The van der Waals surface area contributed by atoms with Gasteiger partial charge in [-0.3, -0.25) is 4.79 Å². The molecule has 0 aliphatic heterocycles. The van der Waals surface area contributed by atoms with E-state index in [0.717, 1.165) is 55.0 Å². The number of ketones is 1. The Morgan fingerprint density at radius 2 is 1.68 bits per heavy atom. The van der Waals surface area contributed by atoms with Crippen molar-refractivity contribution in [1.82, 2.24) is 0 Å². The molecule has 0 bridgehead atoms. The van der Waals surface area contributed by atoms with Gasteiger partial charge in [0, 0.05) is 30.3 Å². The maximum absolute atomic E-state index is 12.0. The van der Waals surface area contributed by atoms with Gasteiger partial charge < -0.3 is 10.2 Å². The van der Waals surface area contributed by atoms with E-state index < -0.39 is 0 Å². The molecule has 0 unspecified atom stereocenters. The molecule has 2 aromatic carbocycles. The average molecular weight is 379 g/mol. The van der Waals surface area contributed by atoms with E-state index in [-0.39, 0.29) is 11.7 Å². The molecule has 0 aliphatic carbocycles. The van der Waals surface area contributed by atoms with Gasteiger partial charge in [0.05, 0.1) is 11.4 Å². The lowest BCUT2D eigenvalue weighted by molar-refractivity contribution is 0.101. The molecule has 0 amide bonds. The van der Waals surface area contributed by atoms with E-state index in [1.54, 1.807) is 6.92 Å². The fraction of sp³-hybridized carbons (Fsp3) is 0.400. The van der Waals surface area contributed by atoms with Gasteiger partial charge in [0.2, 0.25) is 0 Å². The molecule has 0 saturated heterocycles. The van der Waals surface area contributed by atoms with Gasteiger partial charge in [-0.1, -0.05) is 57.7 Å². The average Bonchev–Trinajstić information content (AvgIpc) is 2.69. The number of hydrogen-bond donors (Lipinski definition) is 1. The Morgan fingerprint density at radius 3 is 2.21 bits per heavy atom. The number of Topliss-reactive ketones (excluding diaryl/α,β-unsaturated/α-hetero) is 1. The van der Waals surface area contributed by atoms with Crippen molar-refractivity contribution >= 4 is 17.2 Å². The Hall–Kier alpha value is -2.55. The summed E-state index contributed by atoms with van der Waals surface area (Å²) in [4.78, 5) is 14.4. The van der Waals surface area contributed by atoms with Crippen LogP contribution in [0.25, 0.3) is 0 Å². The lowest BCUT2D eigenvalue weighted by Gasteiger charge is -2.29. The van der Waals surface area contributed by atoms with E-state index in [2.05, 4.69) is 67.9 Å². The third-order valence-electron chi connectivity index (χ3n) is 5.06. The van der Waals surface area contributed by atoms with Crippen LogP contribution in [0.5, 0.6) is 0 Å². The van der Waals surface area contributed by atoms with Gasteiger partial charge in [0.1, 0.15) is 0 Å². The van der Waals surface area contributed by atoms with Crippen molar-refractivity contribution in [2.75, 3.05) is 23.3 Å². The second-order valence-electron chi connectivity index (χ2n) is 7.30. The fourth-order valence-corrected chi connectivity index (χ4v) is 3.65. The number of nitrogens with zero attached hydrogens (tertiary/aromatic N) is 1. The third-order valence-corrected chi connectivity index (χ3v) is 5.06. The van der Waals surface area contributed by atoms with Crippen LogP contribution in [0.3, 0.4) is 0 Å². The molecule has 2 rings (SSSR count). The SMILES string of the molecule is C=C(Nc1cc(C(C)=O)ccc1N(CCC)CCC)[C@@H](CC)c1ccccc1. The molecule has 3 heteroatoms. The molecule has 1 atom stereocenters. The molecule has 150 valence electrons. The second kappa shape index (κ2) is 10.7. The highest BCUT2D eigenvalue weighted by molar-refractivity contribution is 5.96. The van der Waals surface area contributed by atoms with Crippen LogP contribution in [-0.2, 0) is 0 Å². The molecule has 0 saturated carbocycles. The van der Waals surface area contributed by atoms with Crippen molar-refractivity contribution in [3.05, 3.63) is 71.9 Å². The Balaban J connectivity index is 2.39. The predicted molar refractivity (Wildman–Crippen MR) is 121 cm³/mol. The number of rotatable bonds is 11. The Labute approximate surface area is 170 Å². The van der Waals surface area contributed by atoms with Crippen molar-refractivity contribution in [3.8, 4) is 0 Å². The van der Waals surface area contributed by atoms with Gasteiger partial charge in [-0.2, -0.15) is 0 Å². The molecule has 1 N–H and O–H groups in total. The van der Waals surface area contributed by atoms with Crippen LogP contribution in [0, 0.1) is 0 Å². The molecule has 0 radical (unpaired) electrons. The number of benzene rings is 2. The van der Waals surface area contributed by atoms with Crippen LogP contribution in [0.15, 0.2) is 60.8 Å². The maximum atomic E-state index is 12.0. The first-order chi connectivity index (χ1) is 13.5. The molecular weight excluding hydrogens is 344 g/mol. The summed E-state index contributed by atoms with van der Waals surface area (Å²) in [6.45, 7) is 14.5. The van der Waals surface area contributed by atoms with Crippen LogP contribution in [-0.4, -0.2) is 18.9 Å². The number of anilines is 2. The van der Waals surface area contributed by atoms with E-state index in [1.807, 2.05) is 18.2 Å². The van der Waals surface area contributed by atoms with Gasteiger partial charge in [-0.05, 0) is 49.9 Å². The highest BCUT2D eigenvalue weighted by Crippen LogP contribution is 2.33. The summed E-state index contributed by atoms with van der Waals surface area (Å²) in [7, 11) is 0. The fourth-order valence-electron chi connectivity index (χ4n) is 3.65. The van der Waals surface area contributed by atoms with Crippen molar-refractivity contribution in [1.29, 1.82) is 0 Å². The lowest BCUT2D eigenvalue weighted by Crippen LogP contribution is -2.26. The van der Waals surface area contributed by atoms with Crippen LogP contribution < -0.4 is 10.2 Å². The van der Waals surface area contributed by atoms with Crippen molar-refractivity contribution < 1.29 is 4.79 Å². The van der Waals surface area contributed by atoms with Crippen LogP contribution in [0.4, 0.5) is 11.4 Å². The molecule has 3 nitrogen and oxygen atoms in total. The zero-order chi connectivity index (χ0) is 20.5. The topological polar surface area (TPSA) is 32.3 Å². The summed E-state index contributed by atoms with van der Waals surface area (Å²) in [6, 6.07) is 16.4. The van der Waals surface area contributed by atoms with Gasteiger partial charge >= 0.3 is 0 Å². The molecule has 0 aromatic heterocycles. The maximum Gasteiger partial charge on any atom is 0.159 e. The summed E-state index contributed by atoms with van der Waals surface area (Å²) in [6.07, 6.45) is 3.12. The highest BCUT2D eigenvalue weighted by atomic mass is 16.1. The quantitative estimate of drug-likeness (QED) is 0.445. The lowest BCUT2D eigenvalue weighted by atomic mass is 9.93. The minimum atomic E-state index is 0.0767. The number of hydrogen-bond acceptors (Lipinski definition) is 3. The first-order valence-electron chi connectivity index (χ1n) is 10.4. The highest BCUT2D eigenvalue weighted by Gasteiger charge is 2.17. The van der Waals surface area contributed by atoms with Crippen LogP contribution >= 0.6 is 0 Å².